The Morgan fingerprint density at radius 1 is 1.21 bits per heavy atom. The minimum atomic E-state index is -0.227. The molecular formula is C14H14BrN3O. The first-order valence-electron chi connectivity index (χ1n) is 5.81. The standard InChI is InChI=1S/C14H14BrN3O/c1-9-5-10(15)7-12(6-9)18-14(19)13-8-11(16-2)3-4-17-13/h3-8H,1-2H3,(H,16,17)(H,18,19). The average Bonchev–Trinajstić information content (AvgIpc) is 2.37. The van der Waals surface area contributed by atoms with Crippen molar-refractivity contribution in [1.29, 1.82) is 0 Å². The van der Waals surface area contributed by atoms with E-state index in [-0.39, 0.29) is 5.91 Å². The molecule has 98 valence electrons. The van der Waals surface area contributed by atoms with Crippen molar-refractivity contribution in [3.05, 3.63) is 52.3 Å². The molecule has 0 saturated carbocycles. The SMILES string of the molecule is CNc1ccnc(C(=O)Nc2cc(C)cc(Br)c2)c1. The molecule has 19 heavy (non-hydrogen) atoms. The summed E-state index contributed by atoms with van der Waals surface area (Å²) in [7, 11) is 1.80. The minimum absolute atomic E-state index is 0.227. The first-order valence-corrected chi connectivity index (χ1v) is 6.60. The lowest BCUT2D eigenvalue weighted by molar-refractivity contribution is 0.102. The van der Waals surface area contributed by atoms with Crippen molar-refractivity contribution >= 4 is 33.2 Å². The molecule has 0 radical (unpaired) electrons. The van der Waals surface area contributed by atoms with E-state index in [2.05, 4.69) is 31.5 Å². The number of nitrogens with zero attached hydrogens (tertiary/aromatic N) is 1. The van der Waals surface area contributed by atoms with Gasteiger partial charge < -0.3 is 10.6 Å². The summed E-state index contributed by atoms with van der Waals surface area (Å²) in [5, 5.41) is 5.81. The van der Waals surface area contributed by atoms with E-state index in [1.807, 2.05) is 25.1 Å². The van der Waals surface area contributed by atoms with Crippen molar-refractivity contribution in [2.75, 3.05) is 17.7 Å². The van der Waals surface area contributed by atoms with Crippen LogP contribution >= 0.6 is 15.9 Å². The quantitative estimate of drug-likeness (QED) is 0.911. The summed E-state index contributed by atoms with van der Waals surface area (Å²) in [5.41, 5.74) is 3.05. The van der Waals surface area contributed by atoms with E-state index in [0.717, 1.165) is 21.4 Å². The fourth-order valence-electron chi connectivity index (χ4n) is 1.71. The maximum Gasteiger partial charge on any atom is 0.274 e. The second-order valence-corrected chi connectivity index (χ2v) is 5.07. The molecule has 5 heteroatoms. The lowest BCUT2D eigenvalue weighted by Crippen LogP contribution is -2.14. The molecule has 0 atom stereocenters. The molecule has 0 spiro atoms. The second kappa shape index (κ2) is 5.84. The van der Waals surface area contributed by atoms with E-state index in [1.54, 1.807) is 25.4 Å². The molecule has 1 heterocycles. The largest absolute Gasteiger partial charge is 0.388 e. The summed E-state index contributed by atoms with van der Waals surface area (Å²) in [4.78, 5) is 16.2. The van der Waals surface area contributed by atoms with Crippen LogP contribution in [0.15, 0.2) is 41.0 Å². The number of hydrogen-bond donors (Lipinski definition) is 2. The van der Waals surface area contributed by atoms with Crippen LogP contribution in [-0.2, 0) is 0 Å². The molecule has 0 fully saturated rings. The molecule has 1 aromatic carbocycles. The van der Waals surface area contributed by atoms with Gasteiger partial charge in [0.25, 0.3) is 5.91 Å². The van der Waals surface area contributed by atoms with Crippen LogP contribution in [0.3, 0.4) is 0 Å². The van der Waals surface area contributed by atoms with Crippen LogP contribution in [0.25, 0.3) is 0 Å². The third kappa shape index (κ3) is 3.54. The highest BCUT2D eigenvalue weighted by Gasteiger charge is 2.08. The normalized spacial score (nSPS) is 10.1. The Morgan fingerprint density at radius 3 is 2.68 bits per heavy atom. The van der Waals surface area contributed by atoms with Crippen LogP contribution in [0.1, 0.15) is 16.1 Å². The summed E-state index contributed by atoms with van der Waals surface area (Å²) >= 11 is 3.41. The Balaban J connectivity index is 2.20. The molecule has 2 aromatic rings. The van der Waals surface area contributed by atoms with Crippen LogP contribution in [-0.4, -0.2) is 17.9 Å². The van der Waals surface area contributed by atoms with E-state index in [0.29, 0.717) is 5.69 Å². The predicted octanol–water partition coefficient (Wildman–Crippen LogP) is 3.45. The van der Waals surface area contributed by atoms with Gasteiger partial charge in [0.1, 0.15) is 5.69 Å². The monoisotopic (exact) mass is 319 g/mol. The Morgan fingerprint density at radius 2 is 2.00 bits per heavy atom. The number of halogens is 1. The molecule has 2 N–H and O–H groups in total. The zero-order valence-electron chi connectivity index (χ0n) is 10.7. The van der Waals surface area contributed by atoms with Gasteiger partial charge in [0.2, 0.25) is 0 Å². The van der Waals surface area contributed by atoms with Crippen LogP contribution < -0.4 is 10.6 Å². The lowest BCUT2D eigenvalue weighted by Gasteiger charge is -2.07. The predicted molar refractivity (Wildman–Crippen MR) is 80.6 cm³/mol. The van der Waals surface area contributed by atoms with Crippen molar-refractivity contribution < 1.29 is 4.79 Å². The molecule has 0 aliphatic carbocycles. The summed E-state index contributed by atoms with van der Waals surface area (Å²) in [6.07, 6.45) is 1.60. The number of aromatic nitrogens is 1. The second-order valence-electron chi connectivity index (χ2n) is 4.15. The van der Waals surface area contributed by atoms with Crippen molar-refractivity contribution in [3.63, 3.8) is 0 Å². The van der Waals surface area contributed by atoms with Gasteiger partial charge >= 0.3 is 0 Å². The average molecular weight is 320 g/mol. The van der Waals surface area contributed by atoms with Gasteiger partial charge in [0.15, 0.2) is 0 Å². The number of rotatable bonds is 3. The first kappa shape index (κ1) is 13.5. The fourth-order valence-corrected chi connectivity index (χ4v) is 2.32. The maximum absolute atomic E-state index is 12.1. The zero-order chi connectivity index (χ0) is 13.8. The molecule has 0 bridgehead atoms. The molecular weight excluding hydrogens is 306 g/mol. The smallest absolute Gasteiger partial charge is 0.274 e. The Bertz CT molecular complexity index is 593. The highest BCUT2D eigenvalue weighted by molar-refractivity contribution is 9.10. The molecule has 0 saturated heterocycles. The van der Waals surface area contributed by atoms with Gasteiger partial charge in [0, 0.05) is 29.1 Å². The van der Waals surface area contributed by atoms with Gasteiger partial charge in [-0.15, -0.1) is 0 Å². The van der Waals surface area contributed by atoms with Crippen molar-refractivity contribution in [2.45, 2.75) is 6.92 Å². The van der Waals surface area contributed by atoms with Crippen LogP contribution in [0.4, 0.5) is 11.4 Å². The van der Waals surface area contributed by atoms with Crippen LogP contribution in [0.5, 0.6) is 0 Å². The van der Waals surface area contributed by atoms with Gasteiger partial charge in [-0.1, -0.05) is 15.9 Å². The fraction of sp³-hybridized carbons (Fsp3) is 0.143. The number of nitrogens with one attached hydrogen (secondary N) is 2. The minimum Gasteiger partial charge on any atom is -0.388 e. The highest BCUT2D eigenvalue weighted by Crippen LogP contribution is 2.19. The zero-order valence-corrected chi connectivity index (χ0v) is 12.3. The molecule has 0 unspecified atom stereocenters. The van der Waals surface area contributed by atoms with Gasteiger partial charge in [0.05, 0.1) is 0 Å². The van der Waals surface area contributed by atoms with Crippen molar-refractivity contribution in [1.82, 2.24) is 4.98 Å². The maximum atomic E-state index is 12.1. The topological polar surface area (TPSA) is 54.0 Å². The molecule has 2 rings (SSSR count). The van der Waals surface area contributed by atoms with Crippen LogP contribution in [0, 0.1) is 6.92 Å². The summed E-state index contributed by atoms with van der Waals surface area (Å²) in [5.74, 6) is -0.227. The third-order valence-corrected chi connectivity index (χ3v) is 3.04. The molecule has 0 aliphatic heterocycles. The number of hydrogen-bond acceptors (Lipinski definition) is 3. The molecule has 1 aromatic heterocycles. The summed E-state index contributed by atoms with van der Waals surface area (Å²) in [6, 6.07) is 9.26. The molecule has 0 aliphatic rings. The van der Waals surface area contributed by atoms with E-state index in [1.165, 1.54) is 0 Å². The van der Waals surface area contributed by atoms with E-state index in [4.69, 9.17) is 0 Å². The number of pyridine rings is 1. The number of amides is 1. The number of benzene rings is 1. The Hall–Kier alpha value is -1.88. The lowest BCUT2D eigenvalue weighted by atomic mass is 10.2. The molecule has 4 nitrogen and oxygen atoms in total. The van der Waals surface area contributed by atoms with E-state index >= 15 is 0 Å². The number of aryl methyl sites for hydroxylation is 1. The van der Waals surface area contributed by atoms with Crippen molar-refractivity contribution in [3.8, 4) is 0 Å². The van der Waals surface area contributed by atoms with E-state index in [9.17, 15) is 4.79 Å². The van der Waals surface area contributed by atoms with Gasteiger partial charge in [-0.05, 0) is 42.8 Å². The van der Waals surface area contributed by atoms with Crippen molar-refractivity contribution in [2.24, 2.45) is 0 Å². The van der Waals surface area contributed by atoms with E-state index < -0.39 is 0 Å². The number of carbonyl (C=O) groups excluding carboxylic acids is 1. The Labute approximate surface area is 120 Å². The number of carbonyl (C=O) groups is 1. The van der Waals surface area contributed by atoms with Gasteiger partial charge in [-0.2, -0.15) is 0 Å². The first-order chi connectivity index (χ1) is 9.08. The van der Waals surface area contributed by atoms with Gasteiger partial charge in [-0.25, -0.2) is 0 Å². The van der Waals surface area contributed by atoms with Gasteiger partial charge in [-0.3, -0.25) is 9.78 Å². The number of anilines is 2. The Kier molecular flexibility index (Phi) is 4.16. The highest BCUT2D eigenvalue weighted by atomic mass is 79.9. The summed E-state index contributed by atoms with van der Waals surface area (Å²) < 4.78 is 0.930. The third-order valence-electron chi connectivity index (χ3n) is 2.58. The summed E-state index contributed by atoms with van der Waals surface area (Å²) in [6.45, 7) is 1.97. The molecule has 1 amide bonds. The van der Waals surface area contributed by atoms with Crippen LogP contribution in [0.2, 0.25) is 0 Å².